The van der Waals surface area contributed by atoms with Crippen LogP contribution in [0.2, 0.25) is 0 Å². The molecule has 9 heteroatoms. The van der Waals surface area contributed by atoms with Gasteiger partial charge in [0.2, 0.25) is 5.91 Å². The molecule has 0 saturated heterocycles. The topological polar surface area (TPSA) is 84.3 Å². The number of nitrogens with zero attached hydrogens (tertiary/aromatic N) is 1. The number of carbonyl (C=O) groups excluding carboxylic acids is 1. The van der Waals surface area contributed by atoms with Crippen LogP contribution >= 0.6 is 0 Å². The molecule has 2 N–H and O–H groups in total. The number of anilines is 1. The third-order valence-electron chi connectivity index (χ3n) is 3.56. The van der Waals surface area contributed by atoms with Crippen molar-refractivity contribution in [3.63, 3.8) is 0 Å². The number of nitrogens with one attached hydrogen (secondary N) is 2. The van der Waals surface area contributed by atoms with Gasteiger partial charge >= 0.3 is 6.18 Å². The van der Waals surface area contributed by atoms with Gasteiger partial charge in [-0.05, 0) is 24.3 Å². The Morgan fingerprint density at radius 1 is 1.14 bits per heavy atom. The summed E-state index contributed by atoms with van der Waals surface area (Å²) in [6.07, 6.45) is -4.38. The van der Waals surface area contributed by atoms with Crippen LogP contribution in [0.3, 0.4) is 0 Å². The van der Waals surface area contributed by atoms with Crippen molar-refractivity contribution in [2.45, 2.75) is 12.6 Å². The summed E-state index contributed by atoms with van der Waals surface area (Å²) in [6, 6.07) is 10.7. The van der Waals surface area contributed by atoms with Crippen LogP contribution in [0.4, 0.5) is 24.5 Å². The lowest BCUT2D eigenvalue weighted by Crippen LogP contribution is -2.25. The Balaban J connectivity index is 1.79. The van der Waals surface area contributed by atoms with Gasteiger partial charge in [-0.3, -0.25) is 14.9 Å². The lowest BCUT2D eigenvalue weighted by atomic mass is 10.1. The number of hydrogen-bond acceptors (Lipinski definition) is 4. The summed E-state index contributed by atoms with van der Waals surface area (Å²) in [5, 5.41) is 16.2. The monoisotopic (exact) mass is 391 g/mol. The van der Waals surface area contributed by atoms with Gasteiger partial charge in [-0.2, -0.15) is 13.2 Å². The van der Waals surface area contributed by atoms with Gasteiger partial charge in [0.05, 0.1) is 17.0 Å². The van der Waals surface area contributed by atoms with E-state index in [1.807, 2.05) is 0 Å². The molecular weight excluding hydrogens is 375 g/mol. The minimum atomic E-state index is -4.44. The first-order chi connectivity index (χ1) is 13.3. The molecule has 0 aliphatic heterocycles. The number of nitro benzene ring substituents is 1. The molecule has 0 unspecified atom stereocenters. The van der Waals surface area contributed by atoms with Crippen LogP contribution in [-0.2, 0) is 11.0 Å². The number of para-hydroxylation sites is 2. The molecule has 0 spiro atoms. The van der Waals surface area contributed by atoms with Gasteiger partial charge in [0, 0.05) is 24.6 Å². The molecule has 1 amide bonds. The normalized spacial score (nSPS) is 10.5. The summed E-state index contributed by atoms with van der Waals surface area (Å²) in [5.41, 5.74) is -0.369. The van der Waals surface area contributed by atoms with Crippen molar-refractivity contribution in [1.82, 2.24) is 5.32 Å². The van der Waals surface area contributed by atoms with E-state index in [0.29, 0.717) is 5.69 Å². The largest absolute Gasteiger partial charge is 0.416 e. The fourth-order valence-corrected chi connectivity index (χ4v) is 2.24. The van der Waals surface area contributed by atoms with E-state index < -0.39 is 16.7 Å². The molecule has 0 fully saturated rings. The third-order valence-corrected chi connectivity index (χ3v) is 3.56. The number of nitro groups is 1. The highest BCUT2D eigenvalue weighted by Crippen LogP contribution is 2.29. The van der Waals surface area contributed by atoms with E-state index in [4.69, 9.17) is 0 Å². The average molecular weight is 391 g/mol. The Labute approximate surface area is 158 Å². The SMILES string of the molecule is O=C(CCNc1ccccc1[N+](=O)[O-])NCC#Cc1cccc(C(F)(F)F)c1. The summed E-state index contributed by atoms with van der Waals surface area (Å²) < 4.78 is 37.9. The number of benzene rings is 2. The first-order valence-electron chi connectivity index (χ1n) is 8.17. The second kappa shape index (κ2) is 9.41. The van der Waals surface area contributed by atoms with Gasteiger partial charge in [0.15, 0.2) is 0 Å². The Bertz CT molecular complexity index is 918. The third kappa shape index (κ3) is 6.32. The maximum absolute atomic E-state index is 12.6. The predicted octanol–water partition coefficient (Wildman–Crippen LogP) is 3.58. The second-order valence-corrected chi connectivity index (χ2v) is 5.61. The number of alkyl halides is 3. The van der Waals surface area contributed by atoms with E-state index in [9.17, 15) is 28.1 Å². The Kier molecular flexibility index (Phi) is 6.98. The maximum Gasteiger partial charge on any atom is 0.416 e. The van der Waals surface area contributed by atoms with Crippen molar-refractivity contribution in [3.05, 3.63) is 69.8 Å². The molecule has 146 valence electrons. The van der Waals surface area contributed by atoms with Gasteiger partial charge in [0.25, 0.3) is 5.69 Å². The molecule has 2 aromatic rings. The highest BCUT2D eigenvalue weighted by atomic mass is 19.4. The Hall–Kier alpha value is -3.54. The molecule has 0 aliphatic carbocycles. The number of amides is 1. The maximum atomic E-state index is 12.6. The highest BCUT2D eigenvalue weighted by molar-refractivity contribution is 5.77. The van der Waals surface area contributed by atoms with E-state index in [-0.39, 0.29) is 36.7 Å². The predicted molar refractivity (Wildman–Crippen MR) is 97.5 cm³/mol. The van der Waals surface area contributed by atoms with E-state index in [1.54, 1.807) is 12.1 Å². The summed E-state index contributed by atoms with van der Waals surface area (Å²) in [7, 11) is 0. The lowest BCUT2D eigenvalue weighted by Gasteiger charge is -2.06. The van der Waals surface area contributed by atoms with Crippen LogP contribution in [0, 0.1) is 22.0 Å². The van der Waals surface area contributed by atoms with Crippen molar-refractivity contribution >= 4 is 17.3 Å². The number of halogens is 3. The van der Waals surface area contributed by atoms with Crippen LogP contribution in [0.15, 0.2) is 48.5 Å². The van der Waals surface area contributed by atoms with Crippen molar-refractivity contribution in [2.24, 2.45) is 0 Å². The van der Waals surface area contributed by atoms with Gasteiger partial charge in [-0.25, -0.2) is 0 Å². The minimum absolute atomic E-state index is 0.0272. The molecule has 0 heterocycles. The lowest BCUT2D eigenvalue weighted by molar-refractivity contribution is -0.384. The van der Waals surface area contributed by atoms with E-state index >= 15 is 0 Å². The van der Waals surface area contributed by atoms with Crippen LogP contribution in [0.1, 0.15) is 17.5 Å². The molecule has 0 atom stereocenters. The molecule has 6 nitrogen and oxygen atoms in total. The van der Waals surface area contributed by atoms with E-state index in [2.05, 4.69) is 22.5 Å². The molecule has 0 aliphatic rings. The van der Waals surface area contributed by atoms with Crippen LogP contribution in [-0.4, -0.2) is 23.9 Å². The van der Waals surface area contributed by atoms with Gasteiger partial charge < -0.3 is 10.6 Å². The van der Waals surface area contributed by atoms with Gasteiger partial charge in [-0.1, -0.05) is 30.0 Å². The zero-order valence-corrected chi connectivity index (χ0v) is 14.5. The number of hydrogen-bond donors (Lipinski definition) is 2. The molecule has 0 radical (unpaired) electrons. The Morgan fingerprint density at radius 3 is 2.61 bits per heavy atom. The zero-order valence-electron chi connectivity index (χ0n) is 14.5. The quantitative estimate of drug-likeness (QED) is 0.448. The standard InChI is InChI=1S/C19H16F3N3O3/c20-19(21,22)15-7-3-5-14(13-15)6-4-11-24-18(26)10-12-23-16-8-1-2-9-17(16)25(27)28/h1-3,5,7-9,13,23H,10-12H2,(H,24,26). The minimum Gasteiger partial charge on any atom is -0.379 e. The summed E-state index contributed by atoms with van der Waals surface area (Å²) >= 11 is 0. The summed E-state index contributed by atoms with van der Waals surface area (Å²) in [6.45, 7) is 0.151. The molecule has 28 heavy (non-hydrogen) atoms. The van der Waals surface area contributed by atoms with Crippen molar-refractivity contribution < 1.29 is 22.9 Å². The fraction of sp³-hybridized carbons (Fsp3) is 0.211. The number of carbonyl (C=O) groups is 1. The number of rotatable bonds is 6. The second-order valence-electron chi connectivity index (χ2n) is 5.61. The van der Waals surface area contributed by atoms with Crippen molar-refractivity contribution in [2.75, 3.05) is 18.4 Å². The smallest absolute Gasteiger partial charge is 0.379 e. The first kappa shape index (κ1) is 20.8. The summed E-state index contributed by atoms with van der Waals surface area (Å²) in [5.74, 6) is 4.80. The molecular formula is C19H16F3N3O3. The Morgan fingerprint density at radius 2 is 1.89 bits per heavy atom. The zero-order chi connectivity index (χ0) is 20.6. The molecule has 0 aromatic heterocycles. The van der Waals surface area contributed by atoms with Crippen molar-refractivity contribution in [1.29, 1.82) is 0 Å². The van der Waals surface area contributed by atoms with Crippen LogP contribution < -0.4 is 10.6 Å². The fourth-order valence-electron chi connectivity index (χ4n) is 2.24. The summed E-state index contributed by atoms with van der Waals surface area (Å²) in [4.78, 5) is 22.1. The van der Waals surface area contributed by atoms with Gasteiger partial charge in [-0.15, -0.1) is 0 Å². The van der Waals surface area contributed by atoms with Crippen LogP contribution in [0.5, 0.6) is 0 Å². The molecule has 0 saturated carbocycles. The van der Waals surface area contributed by atoms with E-state index in [1.165, 1.54) is 24.3 Å². The van der Waals surface area contributed by atoms with E-state index in [0.717, 1.165) is 12.1 Å². The first-order valence-corrected chi connectivity index (χ1v) is 8.17. The average Bonchev–Trinajstić information content (AvgIpc) is 2.65. The molecule has 2 aromatic carbocycles. The molecule has 2 rings (SSSR count). The van der Waals surface area contributed by atoms with Crippen LogP contribution in [0.25, 0.3) is 0 Å². The van der Waals surface area contributed by atoms with Crippen molar-refractivity contribution in [3.8, 4) is 11.8 Å². The van der Waals surface area contributed by atoms with Gasteiger partial charge in [0.1, 0.15) is 5.69 Å². The molecule has 0 bridgehead atoms. The highest BCUT2D eigenvalue weighted by Gasteiger charge is 2.30.